The Kier molecular flexibility index (Phi) is 7.70. The average molecular weight is 241 g/mol. The Labute approximate surface area is 90.4 Å². The Morgan fingerprint density at radius 3 is 1.62 bits per heavy atom. The molecule has 0 aromatic carbocycles. The van der Waals surface area contributed by atoms with E-state index < -0.39 is 8.56 Å². The molecule has 5 heteroatoms. The number of alkyl halides is 2. The molecule has 0 heterocycles. The summed E-state index contributed by atoms with van der Waals surface area (Å²) in [5, 5.41) is 0. The van der Waals surface area contributed by atoms with E-state index in [0.29, 0.717) is 11.8 Å². The monoisotopic (exact) mass is 240 g/mol. The van der Waals surface area contributed by atoms with Crippen molar-refractivity contribution in [3.8, 4) is 0 Å². The molecule has 0 saturated heterocycles. The number of halogens is 2. The number of allylic oxidation sites excluding steroid dienone is 2. The van der Waals surface area contributed by atoms with Crippen LogP contribution in [-0.2, 0) is 8.85 Å². The molecule has 0 aliphatic carbocycles. The molecule has 76 valence electrons. The predicted octanol–water partition coefficient (Wildman–Crippen LogP) is 2.39. The predicted molar refractivity (Wildman–Crippen MR) is 59.5 cm³/mol. The van der Waals surface area contributed by atoms with Crippen LogP contribution in [0.25, 0.3) is 0 Å². The van der Waals surface area contributed by atoms with E-state index in [1.165, 1.54) is 0 Å². The van der Waals surface area contributed by atoms with Crippen LogP contribution in [0.2, 0.25) is 0 Å². The zero-order chi connectivity index (χ0) is 10.2. The van der Waals surface area contributed by atoms with Crippen molar-refractivity contribution >= 4 is 31.8 Å². The van der Waals surface area contributed by atoms with Crippen molar-refractivity contribution in [1.29, 1.82) is 0 Å². The zero-order valence-corrected chi connectivity index (χ0v) is 10.3. The Bertz CT molecular complexity index is 163. The standard InChI is InChI=1S/C8H14Cl2O2Si/c1-11-13(12-2,7-3-5-9)8-4-6-10/h3-4,7-8H,5-6H2,1-2H3. The fraction of sp³-hybridized carbons (Fsp3) is 0.500. The quantitative estimate of drug-likeness (QED) is 0.525. The summed E-state index contributed by atoms with van der Waals surface area (Å²) in [6.45, 7) is 0. The van der Waals surface area contributed by atoms with Crippen molar-refractivity contribution in [2.45, 2.75) is 0 Å². The molecule has 0 saturated carbocycles. The van der Waals surface area contributed by atoms with E-state index in [4.69, 9.17) is 32.1 Å². The van der Waals surface area contributed by atoms with Crippen molar-refractivity contribution in [2.24, 2.45) is 0 Å². The van der Waals surface area contributed by atoms with E-state index in [1.807, 2.05) is 23.6 Å². The summed E-state index contributed by atoms with van der Waals surface area (Å²) in [7, 11) is 0.920. The minimum absolute atomic E-state index is 0.455. The van der Waals surface area contributed by atoms with Gasteiger partial charge in [-0.3, -0.25) is 0 Å². The van der Waals surface area contributed by atoms with Crippen molar-refractivity contribution in [2.75, 3.05) is 26.0 Å². The molecule has 0 aromatic rings. The van der Waals surface area contributed by atoms with Gasteiger partial charge in [0.05, 0.1) is 0 Å². The van der Waals surface area contributed by atoms with Crippen LogP contribution in [0.15, 0.2) is 23.6 Å². The second-order valence-electron chi connectivity index (χ2n) is 2.24. The lowest BCUT2D eigenvalue weighted by Gasteiger charge is -2.19. The van der Waals surface area contributed by atoms with Gasteiger partial charge in [-0.1, -0.05) is 12.2 Å². The van der Waals surface area contributed by atoms with Gasteiger partial charge in [-0.15, -0.1) is 23.2 Å². The Balaban J connectivity index is 4.48. The summed E-state index contributed by atoms with van der Waals surface area (Å²) in [5.74, 6) is 0.909. The van der Waals surface area contributed by atoms with Crippen LogP contribution in [0.3, 0.4) is 0 Å². The molecule has 0 spiro atoms. The molecule has 0 N–H and O–H groups in total. The van der Waals surface area contributed by atoms with Gasteiger partial charge in [0, 0.05) is 26.0 Å². The lowest BCUT2D eigenvalue weighted by Crippen LogP contribution is -2.36. The van der Waals surface area contributed by atoms with E-state index in [2.05, 4.69) is 0 Å². The minimum Gasteiger partial charge on any atom is -0.392 e. The first-order valence-corrected chi connectivity index (χ1v) is 6.86. The minimum atomic E-state index is -2.32. The molecule has 0 radical (unpaired) electrons. The van der Waals surface area contributed by atoms with E-state index >= 15 is 0 Å². The van der Waals surface area contributed by atoms with Crippen molar-refractivity contribution < 1.29 is 8.85 Å². The molecule has 0 amide bonds. The second-order valence-corrected chi connectivity index (χ2v) is 5.79. The average Bonchev–Trinajstić information content (AvgIpc) is 2.20. The normalized spacial score (nSPS) is 13.2. The van der Waals surface area contributed by atoms with Gasteiger partial charge in [0.1, 0.15) is 0 Å². The van der Waals surface area contributed by atoms with Gasteiger partial charge in [0.2, 0.25) is 0 Å². The number of hydrogen-bond acceptors (Lipinski definition) is 2. The summed E-state index contributed by atoms with van der Waals surface area (Å²) in [4.78, 5) is 0. The summed E-state index contributed by atoms with van der Waals surface area (Å²) in [5.41, 5.74) is 3.76. The van der Waals surface area contributed by atoms with Crippen LogP contribution in [0.1, 0.15) is 0 Å². The lowest BCUT2D eigenvalue weighted by atomic mass is 10.8. The second kappa shape index (κ2) is 7.59. The maximum absolute atomic E-state index is 5.53. The van der Waals surface area contributed by atoms with E-state index in [-0.39, 0.29) is 0 Å². The highest BCUT2D eigenvalue weighted by Crippen LogP contribution is 2.09. The smallest absolute Gasteiger partial charge is 0.391 e. The summed E-state index contributed by atoms with van der Waals surface area (Å²) >= 11 is 11.1. The zero-order valence-electron chi connectivity index (χ0n) is 7.80. The molecule has 0 unspecified atom stereocenters. The topological polar surface area (TPSA) is 18.5 Å². The highest BCUT2D eigenvalue weighted by molar-refractivity contribution is 6.77. The maximum atomic E-state index is 5.53. The van der Waals surface area contributed by atoms with E-state index in [1.54, 1.807) is 14.2 Å². The number of hydrogen-bond donors (Lipinski definition) is 0. The maximum Gasteiger partial charge on any atom is 0.391 e. The van der Waals surface area contributed by atoms with Crippen LogP contribution < -0.4 is 0 Å². The highest BCUT2D eigenvalue weighted by Gasteiger charge is 2.28. The molecule has 13 heavy (non-hydrogen) atoms. The Morgan fingerprint density at radius 2 is 1.38 bits per heavy atom. The van der Waals surface area contributed by atoms with Crippen molar-refractivity contribution in [1.82, 2.24) is 0 Å². The summed E-state index contributed by atoms with van der Waals surface area (Å²) in [6, 6.07) is 0. The van der Waals surface area contributed by atoms with Crippen molar-refractivity contribution in [3.05, 3.63) is 23.6 Å². The number of rotatable bonds is 6. The van der Waals surface area contributed by atoms with E-state index in [9.17, 15) is 0 Å². The SMILES string of the molecule is CO[Si](C=CCCl)(C=CCCl)OC. The van der Waals surface area contributed by atoms with Gasteiger partial charge in [-0.05, 0) is 11.4 Å². The summed E-state index contributed by atoms with van der Waals surface area (Å²) < 4.78 is 10.6. The third kappa shape index (κ3) is 4.83. The molecule has 0 atom stereocenters. The van der Waals surface area contributed by atoms with Crippen LogP contribution in [0.4, 0.5) is 0 Å². The fourth-order valence-corrected chi connectivity index (χ4v) is 3.02. The Morgan fingerprint density at radius 1 is 1.00 bits per heavy atom. The third-order valence-electron chi connectivity index (χ3n) is 1.52. The molecule has 0 rings (SSSR count). The molecule has 0 fully saturated rings. The van der Waals surface area contributed by atoms with Gasteiger partial charge in [0.25, 0.3) is 0 Å². The van der Waals surface area contributed by atoms with Crippen LogP contribution in [0, 0.1) is 0 Å². The molecular weight excluding hydrogens is 227 g/mol. The van der Waals surface area contributed by atoms with Gasteiger partial charge < -0.3 is 8.85 Å². The third-order valence-corrected chi connectivity index (χ3v) is 4.55. The van der Waals surface area contributed by atoms with Crippen LogP contribution >= 0.6 is 23.2 Å². The first-order valence-electron chi connectivity index (χ1n) is 3.82. The largest absolute Gasteiger partial charge is 0.392 e. The van der Waals surface area contributed by atoms with Gasteiger partial charge in [-0.25, -0.2) is 0 Å². The lowest BCUT2D eigenvalue weighted by molar-refractivity contribution is 0.269. The molecule has 0 aliphatic heterocycles. The molecule has 0 aliphatic rings. The van der Waals surface area contributed by atoms with Gasteiger partial charge >= 0.3 is 8.56 Å². The molecular formula is C8H14Cl2O2Si. The summed E-state index contributed by atoms with van der Waals surface area (Å²) in [6.07, 6.45) is 3.64. The first-order chi connectivity index (χ1) is 6.24. The van der Waals surface area contributed by atoms with Gasteiger partial charge in [0.15, 0.2) is 0 Å². The van der Waals surface area contributed by atoms with Gasteiger partial charge in [-0.2, -0.15) is 0 Å². The van der Waals surface area contributed by atoms with Crippen molar-refractivity contribution in [3.63, 3.8) is 0 Å². The molecule has 2 nitrogen and oxygen atoms in total. The van der Waals surface area contributed by atoms with Crippen LogP contribution in [0.5, 0.6) is 0 Å². The molecule has 0 bridgehead atoms. The first kappa shape index (κ1) is 13.2. The van der Waals surface area contributed by atoms with E-state index in [0.717, 1.165) is 0 Å². The highest BCUT2D eigenvalue weighted by atomic mass is 35.5. The fourth-order valence-electron chi connectivity index (χ4n) is 0.829. The van der Waals surface area contributed by atoms with Crippen LogP contribution in [-0.4, -0.2) is 34.5 Å². The molecule has 0 aromatic heterocycles. The Hall–Kier alpha value is 0.197.